The molecule has 7 heteroatoms. The van der Waals surface area contributed by atoms with Crippen molar-refractivity contribution in [2.24, 2.45) is 5.73 Å². The predicted octanol–water partition coefficient (Wildman–Crippen LogP) is 2.87. The average Bonchev–Trinajstić information content (AvgIpc) is 2.85. The van der Waals surface area contributed by atoms with Crippen molar-refractivity contribution < 1.29 is 14.3 Å². The number of primary amides is 1. The van der Waals surface area contributed by atoms with Crippen LogP contribution < -0.4 is 15.8 Å². The van der Waals surface area contributed by atoms with Crippen LogP contribution in [0.1, 0.15) is 20.7 Å². The highest BCUT2D eigenvalue weighted by Gasteiger charge is 2.13. The second-order valence-electron chi connectivity index (χ2n) is 3.87. The minimum absolute atomic E-state index is 0.285. The standard InChI is InChI=1S/C13H11BrN2O3S/c1-19-10-3-2-7(12(15)17)4-9(10)16-13(18)8-5-11(14)20-6-8/h2-6H,1H3,(H2,15,17)(H,16,18). The summed E-state index contributed by atoms with van der Waals surface area (Å²) in [6, 6.07) is 6.32. The molecule has 20 heavy (non-hydrogen) atoms. The lowest BCUT2D eigenvalue weighted by atomic mass is 10.1. The Balaban J connectivity index is 2.29. The molecule has 2 aromatic rings. The summed E-state index contributed by atoms with van der Waals surface area (Å²) in [5.41, 5.74) is 6.44. The Morgan fingerprint density at radius 2 is 2.05 bits per heavy atom. The summed E-state index contributed by atoms with van der Waals surface area (Å²) in [6.07, 6.45) is 0. The first-order valence-electron chi connectivity index (χ1n) is 5.54. The molecule has 0 aliphatic rings. The molecule has 0 spiro atoms. The van der Waals surface area contributed by atoms with Gasteiger partial charge in [-0.3, -0.25) is 9.59 Å². The van der Waals surface area contributed by atoms with Crippen molar-refractivity contribution >= 4 is 44.8 Å². The maximum absolute atomic E-state index is 12.1. The number of methoxy groups -OCH3 is 1. The van der Waals surface area contributed by atoms with E-state index in [1.54, 1.807) is 17.5 Å². The Labute approximate surface area is 127 Å². The largest absolute Gasteiger partial charge is 0.495 e. The summed E-state index contributed by atoms with van der Waals surface area (Å²) in [5, 5.41) is 4.43. The quantitative estimate of drug-likeness (QED) is 0.885. The van der Waals surface area contributed by atoms with E-state index in [0.29, 0.717) is 22.6 Å². The first-order chi connectivity index (χ1) is 9.51. The van der Waals surface area contributed by atoms with E-state index < -0.39 is 5.91 Å². The molecular formula is C13H11BrN2O3S. The van der Waals surface area contributed by atoms with Crippen molar-refractivity contribution in [2.45, 2.75) is 0 Å². The van der Waals surface area contributed by atoms with E-state index in [1.165, 1.54) is 30.6 Å². The minimum Gasteiger partial charge on any atom is -0.495 e. The maximum atomic E-state index is 12.1. The number of hydrogen-bond donors (Lipinski definition) is 2. The molecule has 104 valence electrons. The lowest BCUT2D eigenvalue weighted by molar-refractivity contribution is 0.0996. The van der Waals surface area contributed by atoms with Gasteiger partial charge < -0.3 is 15.8 Å². The lowest BCUT2D eigenvalue weighted by Crippen LogP contribution is -2.14. The predicted molar refractivity (Wildman–Crippen MR) is 81.5 cm³/mol. The van der Waals surface area contributed by atoms with Gasteiger partial charge in [0.05, 0.1) is 22.1 Å². The molecule has 2 amide bonds. The van der Waals surface area contributed by atoms with Gasteiger partial charge >= 0.3 is 0 Å². The lowest BCUT2D eigenvalue weighted by Gasteiger charge is -2.10. The van der Waals surface area contributed by atoms with E-state index in [1.807, 2.05) is 0 Å². The zero-order valence-corrected chi connectivity index (χ0v) is 12.9. The number of nitrogens with one attached hydrogen (secondary N) is 1. The van der Waals surface area contributed by atoms with Crippen LogP contribution in [0.5, 0.6) is 5.75 Å². The Kier molecular flexibility index (Phi) is 4.41. The van der Waals surface area contributed by atoms with Crippen molar-refractivity contribution in [1.82, 2.24) is 0 Å². The number of nitrogens with two attached hydrogens (primary N) is 1. The second kappa shape index (κ2) is 6.06. The van der Waals surface area contributed by atoms with Crippen LogP contribution in [0.4, 0.5) is 5.69 Å². The first kappa shape index (κ1) is 14.5. The third-order valence-corrected chi connectivity index (χ3v) is 4.07. The number of anilines is 1. The van der Waals surface area contributed by atoms with Gasteiger partial charge in [0, 0.05) is 10.9 Å². The van der Waals surface area contributed by atoms with E-state index >= 15 is 0 Å². The number of carbonyl (C=O) groups is 2. The van der Waals surface area contributed by atoms with E-state index in [-0.39, 0.29) is 5.91 Å². The van der Waals surface area contributed by atoms with Crippen molar-refractivity contribution in [1.29, 1.82) is 0 Å². The van der Waals surface area contributed by atoms with Gasteiger partial charge in [0.15, 0.2) is 0 Å². The Hall–Kier alpha value is -1.86. The highest BCUT2D eigenvalue weighted by Crippen LogP contribution is 2.27. The van der Waals surface area contributed by atoms with Crippen LogP contribution in [0, 0.1) is 0 Å². The monoisotopic (exact) mass is 354 g/mol. The van der Waals surface area contributed by atoms with Gasteiger partial charge in [-0.25, -0.2) is 0 Å². The van der Waals surface area contributed by atoms with Gasteiger partial charge in [0.2, 0.25) is 5.91 Å². The fraction of sp³-hybridized carbons (Fsp3) is 0.0769. The first-order valence-corrected chi connectivity index (χ1v) is 7.21. The maximum Gasteiger partial charge on any atom is 0.256 e. The van der Waals surface area contributed by atoms with Crippen molar-refractivity contribution in [3.8, 4) is 5.75 Å². The molecule has 0 aliphatic carbocycles. The molecule has 2 rings (SSSR count). The summed E-state index contributed by atoms with van der Waals surface area (Å²) in [6.45, 7) is 0. The summed E-state index contributed by atoms with van der Waals surface area (Å²) in [7, 11) is 1.48. The van der Waals surface area contributed by atoms with Crippen LogP contribution >= 0.6 is 27.3 Å². The van der Waals surface area contributed by atoms with Crippen LogP contribution in [0.3, 0.4) is 0 Å². The summed E-state index contributed by atoms with van der Waals surface area (Å²) < 4.78 is 6.01. The van der Waals surface area contributed by atoms with Crippen LogP contribution in [-0.4, -0.2) is 18.9 Å². The number of rotatable bonds is 4. The number of ether oxygens (including phenoxy) is 1. The Morgan fingerprint density at radius 3 is 2.60 bits per heavy atom. The third kappa shape index (κ3) is 3.17. The van der Waals surface area contributed by atoms with Gasteiger partial charge in [-0.1, -0.05) is 0 Å². The molecule has 0 saturated carbocycles. The fourth-order valence-corrected chi connectivity index (χ4v) is 2.72. The summed E-state index contributed by atoms with van der Waals surface area (Å²) in [4.78, 5) is 23.3. The number of carbonyl (C=O) groups excluding carboxylic acids is 2. The molecule has 3 N–H and O–H groups in total. The van der Waals surface area contributed by atoms with Crippen molar-refractivity contribution in [2.75, 3.05) is 12.4 Å². The van der Waals surface area contributed by atoms with Gasteiger partial charge in [0.1, 0.15) is 5.75 Å². The Bertz CT molecular complexity index is 669. The average molecular weight is 355 g/mol. The van der Waals surface area contributed by atoms with Gasteiger partial charge in [-0.15, -0.1) is 11.3 Å². The topological polar surface area (TPSA) is 81.4 Å². The smallest absolute Gasteiger partial charge is 0.256 e. The SMILES string of the molecule is COc1ccc(C(N)=O)cc1NC(=O)c1csc(Br)c1. The van der Waals surface area contributed by atoms with E-state index in [2.05, 4.69) is 21.2 Å². The second-order valence-corrected chi connectivity index (χ2v) is 6.16. The highest BCUT2D eigenvalue weighted by molar-refractivity contribution is 9.11. The molecule has 0 atom stereocenters. The number of amides is 2. The van der Waals surface area contributed by atoms with Crippen LogP contribution in [-0.2, 0) is 0 Å². The van der Waals surface area contributed by atoms with Gasteiger partial charge in [-0.05, 0) is 40.2 Å². The molecule has 0 aliphatic heterocycles. The van der Waals surface area contributed by atoms with Gasteiger partial charge in [-0.2, -0.15) is 0 Å². The fourth-order valence-electron chi connectivity index (χ4n) is 1.58. The molecule has 0 saturated heterocycles. The number of hydrogen-bond acceptors (Lipinski definition) is 4. The Morgan fingerprint density at radius 1 is 1.30 bits per heavy atom. The molecule has 0 fully saturated rings. The number of thiophene rings is 1. The van der Waals surface area contributed by atoms with Crippen molar-refractivity contribution in [3.63, 3.8) is 0 Å². The summed E-state index contributed by atoms with van der Waals surface area (Å²) in [5.74, 6) is -0.397. The zero-order valence-electron chi connectivity index (χ0n) is 10.5. The van der Waals surface area contributed by atoms with Crippen LogP contribution in [0.2, 0.25) is 0 Å². The molecule has 1 aromatic carbocycles. The van der Waals surface area contributed by atoms with E-state index in [4.69, 9.17) is 10.5 Å². The molecular weight excluding hydrogens is 344 g/mol. The van der Waals surface area contributed by atoms with E-state index in [9.17, 15) is 9.59 Å². The van der Waals surface area contributed by atoms with Gasteiger partial charge in [0.25, 0.3) is 5.91 Å². The summed E-state index contributed by atoms with van der Waals surface area (Å²) >= 11 is 4.71. The minimum atomic E-state index is -0.568. The molecule has 0 bridgehead atoms. The molecule has 1 heterocycles. The van der Waals surface area contributed by atoms with Crippen molar-refractivity contribution in [3.05, 3.63) is 44.6 Å². The molecule has 0 unspecified atom stereocenters. The molecule has 0 radical (unpaired) electrons. The highest BCUT2D eigenvalue weighted by atomic mass is 79.9. The van der Waals surface area contributed by atoms with E-state index in [0.717, 1.165) is 3.79 Å². The normalized spacial score (nSPS) is 10.1. The zero-order chi connectivity index (χ0) is 14.7. The molecule has 5 nitrogen and oxygen atoms in total. The van der Waals surface area contributed by atoms with Crippen LogP contribution in [0.25, 0.3) is 0 Å². The third-order valence-electron chi connectivity index (χ3n) is 2.56. The molecule has 1 aromatic heterocycles. The number of halogens is 1. The van der Waals surface area contributed by atoms with Crippen LogP contribution in [0.15, 0.2) is 33.4 Å². The number of benzene rings is 1.